The normalized spacial score (nSPS) is 10.9. The molecule has 0 aliphatic carbocycles. The van der Waals surface area contributed by atoms with Gasteiger partial charge in [-0.1, -0.05) is 42.5 Å². The van der Waals surface area contributed by atoms with E-state index < -0.39 is 0 Å². The van der Waals surface area contributed by atoms with E-state index in [1.165, 1.54) is 10.3 Å². The molecule has 0 aliphatic heterocycles. The monoisotopic (exact) mass is 349 g/mol. The number of rotatable bonds is 6. The Morgan fingerprint density at radius 2 is 1.80 bits per heavy atom. The average molecular weight is 349 g/mol. The number of hydrogen-bond donors (Lipinski definition) is 2. The average Bonchev–Trinajstić information content (AvgIpc) is 2.67. The Labute approximate surface area is 151 Å². The largest absolute Gasteiger partial charge is 0.376 e. The van der Waals surface area contributed by atoms with Gasteiger partial charge in [-0.05, 0) is 46.9 Å². The van der Waals surface area contributed by atoms with Crippen LogP contribution in [0.1, 0.15) is 5.56 Å². The molecule has 4 nitrogen and oxygen atoms in total. The lowest BCUT2D eigenvalue weighted by atomic mass is 10.1. The Morgan fingerprint density at radius 3 is 2.56 bits per heavy atom. The second-order valence-electron chi connectivity index (χ2n) is 5.48. The Balaban J connectivity index is 1.50. The van der Waals surface area contributed by atoms with Gasteiger partial charge in [0.05, 0.1) is 12.8 Å². The third-order valence-corrected chi connectivity index (χ3v) is 4.46. The van der Waals surface area contributed by atoms with E-state index >= 15 is 0 Å². The number of carbonyl (C=O) groups is 1. The van der Waals surface area contributed by atoms with Crippen molar-refractivity contribution in [1.82, 2.24) is 5.43 Å². The third-order valence-electron chi connectivity index (χ3n) is 3.72. The lowest BCUT2D eigenvalue weighted by Crippen LogP contribution is -2.25. The lowest BCUT2D eigenvalue weighted by molar-refractivity contribution is -0.119. The first-order valence-corrected chi connectivity index (χ1v) is 9.16. The van der Waals surface area contributed by atoms with Gasteiger partial charge in [0, 0.05) is 10.6 Å². The SMILES string of the molecule is CSc1ccc(/C=N\NC(=O)CNc2ccc3ccccc3c2)cc1. The molecule has 0 bridgehead atoms. The zero-order valence-corrected chi connectivity index (χ0v) is 14.7. The molecule has 3 aromatic carbocycles. The second kappa shape index (κ2) is 8.35. The van der Waals surface area contributed by atoms with E-state index in [2.05, 4.69) is 21.9 Å². The molecule has 0 aromatic heterocycles. The van der Waals surface area contributed by atoms with Crippen LogP contribution in [-0.2, 0) is 4.79 Å². The fraction of sp³-hybridized carbons (Fsp3) is 0.100. The zero-order valence-electron chi connectivity index (χ0n) is 13.9. The van der Waals surface area contributed by atoms with Crippen molar-refractivity contribution in [2.45, 2.75) is 4.90 Å². The quantitative estimate of drug-likeness (QED) is 0.400. The highest BCUT2D eigenvalue weighted by Gasteiger charge is 2.00. The summed E-state index contributed by atoms with van der Waals surface area (Å²) in [5.74, 6) is -0.190. The van der Waals surface area contributed by atoms with Crippen molar-refractivity contribution in [3.63, 3.8) is 0 Å². The van der Waals surface area contributed by atoms with E-state index in [-0.39, 0.29) is 12.5 Å². The van der Waals surface area contributed by atoms with Gasteiger partial charge in [-0.25, -0.2) is 5.43 Å². The highest BCUT2D eigenvalue weighted by atomic mass is 32.2. The number of fused-ring (bicyclic) bond motifs is 1. The molecule has 1 amide bonds. The minimum absolute atomic E-state index is 0.168. The predicted molar refractivity (Wildman–Crippen MR) is 106 cm³/mol. The summed E-state index contributed by atoms with van der Waals surface area (Å²) in [4.78, 5) is 13.1. The summed E-state index contributed by atoms with van der Waals surface area (Å²) in [5.41, 5.74) is 4.38. The topological polar surface area (TPSA) is 53.5 Å². The van der Waals surface area contributed by atoms with E-state index in [0.717, 1.165) is 16.6 Å². The first kappa shape index (κ1) is 17.0. The van der Waals surface area contributed by atoms with Crippen molar-refractivity contribution in [3.05, 3.63) is 72.3 Å². The molecular formula is C20H19N3OS. The molecule has 3 rings (SSSR count). The van der Waals surface area contributed by atoms with E-state index in [1.54, 1.807) is 18.0 Å². The van der Waals surface area contributed by atoms with E-state index in [1.807, 2.05) is 66.9 Å². The van der Waals surface area contributed by atoms with Gasteiger partial charge in [-0.3, -0.25) is 4.79 Å². The zero-order chi connectivity index (χ0) is 17.5. The molecule has 2 N–H and O–H groups in total. The van der Waals surface area contributed by atoms with Gasteiger partial charge >= 0.3 is 0 Å². The smallest absolute Gasteiger partial charge is 0.259 e. The molecule has 0 aliphatic rings. The summed E-state index contributed by atoms with van der Waals surface area (Å²) in [6, 6.07) is 22.1. The molecule has 3 aromatic rings. The van der Waals surface area contributed by atoms with Gasteiger partial charge in [-0.2, -0.15) is 5.10 Å². The Hall–Kier alpha value is -2.79. The minimum Gasteiger partial charge on any atom is -0.376 e. The van der Waals surface area contributed by atoms with Gasteiger partial charge < -0.3 is 5.32 Å². The van der Waals surface area contributed by atoms with Gasteiger partial charge in [-0.15, -0.1) is 11.8 Å². The maximum atomic E-state index is 11.9. The van der Waals surface area contributed by atoms with E-state index in [0.29, 0.717) is 0 Å². The van der Waals surface area contributed by atoms with Crippen LogP contribution in [0.4, 0.5) is 5.69 Å². The number of hydrazone groups is 1. The number of nitrogens with one attached hydrogen (secondary N) is 2. The molecule has 25 heavy (non-hydrogen) atoms. The van der Waals surface area contributed by atoms with E-state index in [4.69, 9.17) is 0 Å². The predicted octanol–water partition coefficient (Wildman–Crippen LogP) is 4.12. The molecule has 0 saturated carbocycles. The van der Waals surface area contributed by atoms with Crippen LogP contribution in [0.25, 0.3) is 10.8 Å². The summed E-state index contributed by atoms with van der Waals surface area (Å²) in [6.45, 7) is 0.168. The third kappa shape index (κ3) is 4.84. The van der Waals surface area contributed by atoms with Gasteiger partial charge in [0.1, 0.15) is 0 Å². The van der Waals surface area contributed by atoms with Gasteiger partial charge in [0.15, 0.2) is 0 Å². The number of amides is 1. The summed E-state index contributed by atoms with van der Waals surface area (Å²) in [6.07, 6.45) is 3.67. The van der Waals surface area contributed by atoms with E-state index in [9.17, 15) is 4.79 Å². The van der Waals surface area contributed by atoms with Crippen LogP contribution < -0.4 is 10.7 Å². The summed E-state index contributed by atoms with van der Waals surface area (Å²) < 4.78 is 0. The Kier molecular flexibility index (Phi) is 5.69. The van der Waals surface area contributed by atoms with Crippen molar-refractivity contribution >= 4 is 40.3 Å². The first-order valence-electron chi connectivity index (χ1n) is 7.93. The van der Waals surface area contributed by atoms with Crippen LogP contribution in [0.2, 0.25) is 0 Å². The molecule has 0 heterocycles. The fourth-order valence-electron chi connectivity index (χ4n) is 2.39. The number of hydrogen-bond acceptors (Lipinski definition) is 4. The van der Waals surface area contributed by atoms with Crippen molar-refractivity contribution in [1.29, 1.82) is 0 Å². The van der Waals surface area contributed by atoms with Crippen LogP contribution in [0, 0.1) is 0 Å². The molecular weight excluding hydrogens is 330 g/mol. The minimum atomic E-state index is -0.190. The maximum absolute atomic E-state index is 11.9. The second-order valence-corrected chi connectivity index (χ2v) is 6.36. The first-order chi connectivity index (χ1) is 12.2. The molecule has 0 spiro atoms. The van der Waals surface area contributed by atoms with Crippen LogP contribution in [0.3, 0.4) is 0 Å². The number of nitrogens with zero attached hydrogens (tertiary/aromatic N) is 1. The van der Waals surface area contributed by atoms with Crippen LogP contribution in [0.15, 0.2) is 76.7 Å². The Bertz CT molecular complexity index is 891. The number of anilines is 1. The summed E-state index contributed by atoms with van der Waals surface area (Å²) >= 11 is 1.69. The Morgan fingerprint density at radius 1 is 1.04 bits per heavy atom. The van der Waals surface area contributed by atoms with Gasteiger partial charge in [0.2, 0.25) is 0 Å². The molecule has 126 valence electrons. The van der Waals surface area contributed by atoms with Crippen LogP contribution in [-0.4, -0.2) is 24.9 Å². The number of carbonyl (C=O) groups excluding carboxylic acids is 1. The van der Waals surface area contributed by atoms with Crippen molar-refractivity contribution < 1.29 is 4.79 Å². The highest BCUT2D eigenvalue weighted by molar-refractivity contribution is 7.98. The van der Waals surface area contributed by atoms with Gasteiger partial charge in [0.25, 0.3) is 5.91 Å². The fourth-order valence-corrected chi connectivity index (χ4v) is 2.80. The maximum Gasteiger partial charge on any atom is 0.259 e. The standard InChI is InChI=1S/C20H19N3OS/c1-25-19-10-6-15(7-11-19)13-22-23-20(24)14-21-18-9-8-16-4-2-3-5-17(16)12-18/h2-13,21H,14H2,1H3,(H,23,24)/b22-13-. The molecule has 0 radical (unpaired) electrons. The highest BCUT2D eigenvalue weighted by Crippen LogP contribution is 2.18. The summed E-state index contributed by atoms with van der Waals surface area (Å²) in [7, 11) is 0. The lowest BCUT2D eigenvalue weighted by Gasteiger charge is -2.06. The molecule has 0 unspecified atom stereocenters. The molecule has 5 heteroatoms. The van der Waals surface area contributed by atoms with Crippen molar-refractivity contribution in [2.75, 3.05) is 18.1 Å². The molecule has 0 atom stereocenters. The molecule has 0 fully saturated rings. The molecule has 0 saturated heterocycles. The van der Waals surface area contributed by atoms with Crippen LogP contribution >= 0.6 is 11.8 Å². The number of thioether (sulfide) groups is 1. The van der Waals surface area contributed by atoms with Crippen molar-refractivity contribution in [3.8, 4) is 0 Å². The number of benzene rings is 3. The van der Waals surface area contributed by atoms with Crippen LogP contribution in [0.5, 0.6) is 0 Å². The summed E-state index contributed by atoms with van der Waals surface area (Å²) in [5, 5.41) is 9.41. The van der Waals surface area contributed by atoms with Crippen molar-refractivity contribution in [2.24, 2.45) is 5.10 Å².